The molecule has 2 fully saturated rings. The molecular weight excluding hydrogens is 308 g/mol. The smallest absolute Gasteiger partial charge is 0.315 e. The molecular formula is C17H28N4O3. The van der Waals surface area contributed by atoms with Gasteiger partial charge in [0.15, 0.2) is 0 Å². The van der Waals surface area contributed by atoms with Crippen LogP contribution in [-0.2, 0) is 11.8 Å². The Morgan fingerprint density at radius 3 is 2.75 bits per heavy atom. The van der Waals surface area contributed by atoms with E-state index < -0.39 is 6.10 Å². The Bertz CT molecular complexity index is 542. The lowest BCUT2D eigenvalue weighted by atomic mass is 9.91. The number of aliphatic hydroxyl groups excluding tert-OH is 1. The molecule has 1 unspecified atom stereocenters. The van der Waals surface area contributed by atoms with Gasteiger partial charge in [0, 0.05) is 32.7 Å². The van der Waals surface area contributed by atoms with Crippen molar-refractivity contribution in [3.63, 3.8) is 0 Å². The van der Waals surface area contributed by atoms with Gasteiger partial charge in [-0.1, -0.05) is 12.8 Å². The Hall–Kier alpha value is -1.60. The third-order valence-electron chi connectivity index (χ3n) is 5.21. The second-order valence-corrected chi connectivity index (χ2v) is 6.90. The van der Waals surface area contributed by atoms with Crippen molar-refractivity contribution < 1.29 is 14.6 Å². The molecule has 3 N–H and O–H groups in total. The number of rotatable bonds is 4. The van der Waals surface area contributed by atoms with Gasteiger partial charge in [0.05, 0.1) is 18.2 Å². The Labute approximate surface area is 142 Å². The number of urea groups is 1. The summed E-state index contributed by atoms with van der Waals surface area (Å²) in [5.41, 5.74) is 0. The second-order valence-electron chi connectivity index (χ2n) is 6.90. The standard InChI is InChI=1S/C17H28N4O3/c1-21-9-8-18-16(21)15(12-6-10-24-11-7-12)20-17(23)19-13-4-2-3-5-14(13)22/h8-9,12-15,22H,2-7,10-11H2,1H3,(H2,19,20,23)/t13-,14-,15?/m0/s1. The van der Waals surface area contributed by atoms with Gasteiger partial charge in [-0.25, -0.2) is 9.78 Å². The van der Waals surface area contributed by atoms with Crippen LogP contribution < -0.4 is 10.6 Å². The van der Waals surface area contributed by atoms with Crippen molar-refractivity contribution in [2.75, 3.05) is 13.2 Å². The molecule has 3 atom stereocenters. The average Bonchev–Trinajstić information content (AvgIpc) is 3.01. The fourth-order valence-corrected chi connectivity index (χ4v) is 3.75. The Morgan fingerprint density at radius 2 is 2.08 bits per heavy atom. The predicted octanol–water partition coefficient (Wildman–Crippen LogP) is 1.49. The highest BCUT2D eigenvalue weighted by molar-refractivity contribution is 5.74. The highest BCUT2D eigenvalue weighted by atomic mass is 16.5. The minimum Gasteiger partial charge on any atom is -0.391 e. The molecule has 2 aliphatic rings. The molecule has 1 aliphatic carbocycles. The molecule has 3 rings (SSSR count). The lowest BCUT2D eigenvalue weighted by Crippen LogP contribution is -2.51. The number of hydrogen-bond donors (Lipinski definition) is 3. The zero-order chi connectivity index (χ0) is 16.9. The van der Waals surface area contributed by atoms with E-state index in [0.29, 0.717) is 5.92 Å². The van der Waals surface area contributed by atoms with E-state index in [-0.39, 0.29) is 18.1 Å². The number of ether oxygens (including phenoxy) is 1. The largest absolute Gasteiger partial charge is 0.391 e. The highest BCUT2D eigenvalue weighted by Crippen LogP contribution is 2.29. The van der Waals surface area contributed by atoms with Gasteiger partial charge in [0.25, 0.3) is 0 Å². The minimum atomic E-state index is -0.445. The summed E-state index contributed by atoms with van der Waals surface area (Å²) >= 11 is 0. The summed E-state index contributed by atoms with van der Waals surface area (Å²) in [4.78, 5) is 17.0. The third-order valence-corrected chi connectivity index (χ3v) is 5.21. The summed E-state index contributed by atoms with van der Waals surface area (Å²) in [5, 5.41) is 16.1. The highest BCUT2D eigenvalue weighted by Gasteiger charge is 2.31. The number of amides is 2. The average molecular weight is 336 g/mol. The van der Waals surface area contributed by atoms with Crippen molar-refractivity contribution in [2.45, 2.75) is 56.7 Å². The number of carbonyl (C=O) groups is 1. The first-order valence-corrected chi connectivity index (χ1v) is 8.95. The molecule has 7 heteroatoms. The summed E-state index contributed by atoms with van der Waals surface area (Å²) in [7, 11) is 1.94. The number of nitrogens with zero attached hydrogens (tertiary/aromatic N) is 2. The number of aryl methyl sites for hydroxylation is 1. The van der Waals surface area contributed by atoms with Gasteiger partial charge in [-0.15, -0.1) is 0 Å². The first kappa shape index (κ1) is 17.2. The third kappa shape index (κ3) is 4.08. The molecule has 1 aromatic rings. The summed E-state index contributed by atoms with van der Waals surface area (Å²) in [6.07, 6.45) is 8.68. The van der Waals surface area contributed by atoms with Gasteiger partial charge >= 0.3 is 6.03 Å². The van der Waals surface area contributed by atoms with E-state index in [0.717, 1.165) is 57.6 Å². The summed E-state index contributed by atoms with van der Waals surface area (Å²) in [6.45, 7) is 1.44. The van der Waals surface area contributed by atoms with Crippen LogP contribution in [-0.4, -0.2) is 46.0 Å². The maximum Gasteiger partial charge on any atom is 0.315 e. The van der Waals surface area contributed by atoms with Crippen LogP contribution in [0.3, 0.4) is 0 Å². The molecule has 1 saturated carbocycles. The number of nitrogens with one attached hydrogen (secondary N) is 2. The van der Waals surface area contributed by atoms with Crippen LogP contribution in [0.1, 0.15) is 50.4 Å². The lowest BCUT2D eigenvalue weighted by molar-refractivity contribution is 0.0527. The van der Waals surface area contributed by atoms with Crippen LogP contribution >= 0.6 is 0 Å². The van der Waals surface area contributed by atoms with Crippen LogP contribution in [0, 0.1) is 5.92 Å². The molecule has 0 aromatic carbocycles. The molecule has 7 nitrogen and oxygen atoms in total. The summed E-state index contributed by atoms with van der Waals surface area (Å²) in [6, 6.07) is -0.523. The monoisotopic (exact) mass is 336 g/mol. The van der Waals surface area contributed by atoms with E-state index in [4.69, 9.17) is 4.74 Å². The van der Waals surface area contributed by atoms with Gasteiger partial charge < -0.3 is 25.0 Å². The van der Waals surface area contributed by atoms with Crippen LogP contribution in [0.25, 0.3) is 0 Å². The fourth-order valence-electron chi connectivity index (χ4n) is 3.75. The molecule has 0 radical (unpaired) electrons. The van der Waals surface area contributed by atoms with E-state index >= 15 is 0 Å². The van der Waals surface area contributed by atoms with Crippen LogP contribution in [0.4, 0.5) is 4.79 Å². The number of imidazole rings is 1. The van der Waals surface area contributed by atoms with Crippen molar-refractivity contribution >= 4 is 6.03 Å². The molecule has 1 saturated heterocycles. The zero-order valence-corrected chi connectivity index (χ0v) is 14.3. The number of aliphatic hydroxyl groups is 1. The first-order chi connectivity index (χ1) is 11.6. The van der Waals surface area contributed by atoms with Crippen molar-refractivity contribution in [1.82, 2.24) is 20.2 Å². The quantitative estimate of drug-likeness (QED) is 0.777. The zero-order valence-electron chi connectivity index (χ0n) is 14.3. The molecule has 0 spiro atoms. The topological polar surface area (TPSA) is 88.4 Å². The molecule has 24 heavy (non-hydrogen) atoms. The fraction of sp³-hybridized carbons (Fsp3) is 0.765. The number of carbonyl (C=O) groups excluding carboxylic acids is 1. The lowest BCUT2D eigenvalue weighted by Gasteiger charge is -2.32. The molecule has 2 heterocycles. The predicted molar refractivity (Wildman–Crippen MR) is 89.4 cm³/mol. The van der Waals surface area contributed by atoms with Gasteiger partial charge in [0.1, 0.15) is 5.82 Å². The summed E-state index contributed by atoms with van der Waals surface area (Å²) < 4.78 is 7.40. The van der Waals surface area contributed by atoms with Crippen LogP contribution in [0.5, 0.6) is 0 Å². The maximum atomic E-state index is 12.5. The van der Waals surface area contributed by atoms with Gasteiger partial charge in [-0.2, -0.15) is 0 Å². The van der Waals surface area contributed by atoms with E-state index in [1.54, 1.807) is 6.20 Å². The number of aromatic nitrogens is 2. The van der Waals surface area contributed by atoms with Crippen molar-refractivity contribution in [1.29, 1.82) is 0 Å². The Morgan fingerprint density at radius 1 is 1.33 bits per heavy atom. The van der Waals surface area contributed by atoms with Gasteiger partial charge in [-0.05, 0) is 31.6 Å². The molecule has 1 aliphatic heterocycles. The van der Waals surface area contributed by atoms with Crippen LogP contribution in [0.2, 0.25) is 0 Å². The molecule has 1 aromatic heterocycles. The van der Waals surface area contributed by atoms with E-state index in [1.165, 1.54) is 0 Å². The Kier molecular flexibility index (Phi) is 5.73. The van der Waals surface area contributed by atoms with Crippen molar-refractivity contribution in [3.05, 3.63) is 18.2 Å². The normalized spacial score (nSPS) is 26.8. The van der Waals surface area contributed by atoms with Gasteiger partial charge in [-0.3, -0.25) is 0 Å². The van der Waals surface area contributed by atoms with Gasteiger partial charge in [0.2, 0.25) is 0 Å². The Balaban J connectivity index is 1.66. The molecule has 2 amide bonds. The molecule has 134 valence electrons. The van der Waals surface area contributed by atoms with E-state index in [1.807, 2.05) is 17.8 Å². The SMILES string of the molecule is Cn1ccnc1C(NC(=O)N[C@H]1CCCC[C@@H]1O)C1CCOCC1. The summed E-state index contributed by atoms with van der Waals surface area (Å²) in [5.74, 6) is 1.17. The van der Waals surface area contributed by atoms with Crippen molar-refractivity contribution in [2.24, 2.45) is 13.0 Å². The molecule has 0 bridgehead atoms. The van der Waals surface area contributed by atoms with E-state index in [9.17, 15) is 9.90 Å². The maximum absolute atomic E-state index is 12.5. The van der Waals surface area contributed by atoms with Crippen LogP contribution in [0.15, 0.2) is 12.4 Å². The van der Waals surface area contributed by atoms with Crippen molar-refractivity contribution in [3.8, 4) is 0 Å². The second kappa shape index (κ2) is 7.98. The minimum absolute atomic E-state index is 0.144. The first-order valence-electron chi connectivity index (χ1n) is 8.95. The van der Waals surface area contributed by atoms with E-state index in [2.05, 4.69) is 15.6 Å². The number of hydrogen-bond acceptors (Lipinski definition) is 4.